The molecule has 0 aliphatic rings. The molecule has 0 aliphatic heterocycles. The van der Waals surface area contributed by atoms with Gasteiger partial charge in [-0.05, 0) is 42.1 Å². The number of aromatic nitrogens is 3. The molecule has 7 heteroatoms. The molecule has 0 radical (unpaired) electrons. The lowest BCUT2D eigenvalue weighted by Gasteiger charge is -2.12. The Bertz CT molecular complexity index is 936. The monoisotopic (exact) mass is 325 g/mol. The zero-order chi connectivity index (χ0) is 17.1. The second-order valence-corrected chi connectivity index (χ2v) is 5.55. The van der Waals surface area contributed by atoms with Crippen molar-refractivity contribution in [2.45, 2.75) is 6.92 Å². The first-order valence-electron chi connectivity index (χ1n) is 7.63. The topological polar surface area (TPSA) is 92.1 Å². The molecule has 0 spiro atoms. The average molecular weight is 325 g/mol. The highest BCUT2D eigenvalue weighted by atomic mass is 16.3. The molecule has 0 fully saturated rings. The molecule has 0 saturated carbocycles. The number of aryl methyl sites for hydroxylation is 2. The predicted molar refractivity (Wildman–Crippen MR) is 94.8 cm³/mol. The molecule has 0 unspecified atom stereocenters. The van der Waals surface area contributed by atoms with Crippen LogP contribution in [0.1, 0.15) is 5.56 Å². The number of aliphatic hydroxyl groups is 1. The van der Waals surface area contributed by atoms with Crippen molar-refractivity contribution < 1.29 is 5.11 Å². The summed E-state index contributed by atoms with van der Waals surface area (Å²) in [6.45, 7) is 2.25. The van der Waals surface area contributed by atoms with Crippen LogP contribution in [0.2, 0.25) is 0 Å². The molecule has 124 valence electrons. The van der Waals surface area contributed by atoms with Crippen molar-refractivity contribution in [1.29, 1.82) is 0 Å². The molecule has 3 N–H and O–H groups in total. The molecule has 0 saturated heterocycles. The first-order valence-corrected chi connectivity index (χ1v) is 7.63. The second kappa shape index (κ2) is 6.67. The van der Waals surface area contributed by atoms with Crippen molar-refractivity contribution >= 4 is 28.2 Å². The van der Waals surface area contributed by atoms with E-state index in [-0.39, 0.29) is 12.2 Å². The molecule has 3 rings (SSSR count). The fourth-order valence-electron chi connectivity index (χ4n) is 2.46. The van der Waals surface area contributed by atoms with Gasteiger partial charge in [0.15, 0.2) is 0 Å². The maximum absolute atomic E-state index is 12.4. The van der Waals surface area contributed by atoms with E-state index in [1.54, 1.807) is 19.4 Å². The highest BCUT2D eigenvalue weighted by Crippen LogP contribution is 2.23. The van der Waals surface area contributed by atoms with Crippen molar-refractivity contribution in [3.63, 3.8) is 0 Å². The molecular weight excluding hydrogens is 306 g/mol. The summed E-state index contributed by atoms with van der Waals surface area (Å²) >= 11 is 0. The van der Waals surface area contributed by atoms with Gasteiger partial charge >= 0.3 is 0 Å². The molecule has 0 aliphatic carbocycles. The second-order valence-electron chi connectivity index (χ2n) is 5.55. The number of anilines is 3. The van der Waals surface area contributed by atoms with Gasteiger partial charge in [-0.15, -0.1) is 0 Å². The fourth-order valence-corrected chi connectivity index (χ4v) is 2.46. The van der Waals surface area contributed by atoms with E-state index in [4.69, 9.17) is 5.11 Å². The lowest BCUT2D eigenvalue weighted by molar-refractivity contribution is 0.311. The van der Waals surface area contributed by atoms with Crippen LogP contribution < -0.4 is 16.2 Å². The highest BCUT2D eigenvalue weighted by Gasteiger charge is 2.11. The largest absolute Gasteiger partial charge is 0.395 e. The van der Waals surface area contributed by atoms with Crippen LogP contribution in [0.15, 0.2) is 41.5 Å². The number of hydrogen-bond donors (Lipinski definition) is 3. The van der Waals surface area contributed by atoms with Crippen LogP contribution in [0.3, 0.4) is 0 Å². The van der Waals surface area contributed by atoms with Crippen LogP contribution in [-0.2, 0) is 7.05 Å². The molecular formula is C17H19N5O2. The minimum Gasteiger partial charge on any atom is -0.395 e. The van der Waals surface area contributed by atoms with Crippen LogP contribution >= 0.6 is 0 Å². The van der Waals surface area contributed by atoms with Crippen LogP contribution in [0.4, 0.5) is 17.5 Å². The molecule has 0 amide bonds. The minimum absolute atomic E-state index is 0.0482. The summed E-state index contributed by atoms with van der Waals surface area (Å²) in [6.07, 6.45) is 3.44. The number of pyridine rings is 3. The van der Waals surface area contributed by atoms with Crippen molar-refractivity contribution in [3.05, 3.63) is 52.6 Å². The normalized spacial score (nSPS) is 10.8. The van der Waals surface area contributed by atoms with E-state index in [1.165, 1.54) is 4.57 Å². The van der Waals surface area contributed by atoms with Gasteiger partial charge in [0, 0.05) is 26.0 Å². The number of nitrogens with zero attached hydrogens (tertiary/aromatic N) is 3. The van der Waals surface area contributed by atoms with Gasteiger partial charge in [0.25, 0.3) is 5.56 Å². The van der Waals surface area contributed by atoms with Crippen molar-refractivity contribution in [2.75, 3.05) is 23.8 Å². The Morgan fingerprint density at radius 2 is 2.08 bits per heavy atom. The average Bonchev–Trinajstić information content (AvgIpc) is 2.56. The Labute approximate surface area is 139 Å². The van der Waals surface area contributed by atoms with Crippen LogP contribution in [0.5, 0.6) is 0 Å². The number of aliphatic hydroxyl groups excluding tert-OH is 1. The third-order valence-electron chi connectivity index (χ3n) is 3.64. The van der Waals surface area contributed by atoms with E-state index < -0.39 is 0 Å². The van der Waals surface area contributed by atoms with Gasteiger partial charge < -0.3 is 20.3 Å². The van der Waals surface area contributed by atoms with E-state index in [9.17, 15) is 4.79 Å². The number of fused-ring (bicyclic) bond motifs is 1. The van der Waals surface area contributed by atoms with Gasteiger partial charge in [-0.25, -0.2) is 9.97 Å². The van der Waals surface area contributed by atoms with Gasteiger partial charge in [-0.2, -0.15) is 0 Å². The highest BCUT2D eigenvalue weighted by molar-refractivity contribution is 5.93. The summed E-state index contributed by atoms with van der Waals surface area (Å²) < 4.78 is 1.50. The third kappa shape index (κ3) is 3.21. The molecule has 3 aromatic heterocycles. The first-order chi connectivity index (χ1) is 11.6. The van der Waals surface area contributed by atoms with Crippen LogP contribution in [0, 0.1) is 6.92 Å². The Hall–Kier alpha value is -2.93. The fraction of sp³-hybridized carbons (Fsp3) is 0.235. The number of nitrogens with one attached hydrogen (secondary N) is 2. The summed E-state index contributed by atoms with van der Waals surface area (Å²) in [5.41, 5.74) is 0.946. The van der Waals surface area contributed by atoms with Crippen molar-refractivity contribution in [2.24, 2.45) is 7.05 Å². The molecule has 24 heavy (non-hydrogen) atoms. The summed E-state index contributed by atoms with van der Waals surface area (Å²) in [7, 11) is 1.69. The first kappa shape index (κ1) is 15.9. The minimum atomic E-state index is -0.138. The number of hydrogen-bond acceptors (Lipinski definition) is 6. The Morgan fingerprint density at radius 1 is 1.25 bits per heavy atom. The maximum atomic E-state index is 12.4. The maximum Gasteiger partial charge on any atom is 0.261 e. The zero-order valence-corrected chi connectivity index (χ0v) is 13.6. The van der Waals surface area contributed by atoms with E-state index in [2.05, 4.69) is 20.6 Å². The lowest BCUT2D eigenvalue weighted by atomic mass is 10.2. The lowest BCUT2D eigenvalue weighted by Crippen LogP contribution is -2.19. The Morgan fingerprint density at radius 3 is 2.83 bits per heavy atom. The van der Waals surface area contributed by atoms with Gasteiger partial charge in [-0.1, -0.05) is 0 Å². The quantitative estimate of drug-likeness (QED) is 0.662. The Balaban J connectivity index is 2.09. The summed E-state index contributed by atoms with van der Waals surface area (Å²) in [6, 6.07) is 7.50. The van der Waals surface area contributed by atoms with Crippen molar-refractivity contribution in [1.82, 2.24) is 14.5 Å². The van der Waals surface area contributed by atoms with E-state index in [1.807, 2.05) is 31.2 Å². The van der Waals surface area contributed by atoms with Gasteiger partial charge in [0.2, 0.25) is 0 Å². The van der Waals surface area contributed by atoms with Crippen molar-refractivity contribution in [3.8, 4) is 0 Å². The van der Waals surface area contributed by atoms with Crippen LogP contribution in [0.25, 0.3) is 10.8 Å². The van der Waals surface area contributed by atoms with E-state index in [0.29, 0.717) is 29.4 Å². The molecule has 7 nitrogen and oxygen atoms in total. The smallest absolute Gasteiger partial charge is 0.261 e. The molecule has 3 heterocycles. The Kier molecular flexibility index (Phi) is 4.43. The van der Waals surface area contributed by atoms with Gasteiger partial charge in [0.1, 0.15) is 17.5 Å². The van der Waals surface area contributed by atoms with E-state index >= 15 is 0 Å². The zero-order valence-electron chi connectivity index (χ0n) is 13.6. The molecule has 3 aromatic rings. The SMILES string of the molecule is Cc1ccnc(Nc2cc3ccn(C)c(=O)c3c(NCCO)n2)c1. The molecule has 0 atom stereocenters. The summed E-state index contributed by atoms with van der Waals surface area (Å²) in [5, 5.41) is 16.5. The van der Waals surface area contributed by atoms with Gasteiger partial charge in [0.05, 0.1) is 12.0 Å². The predicted octanol–water partition coefficient (Wildman–Crippen LogP) is 1.78. The third-order valence-corrected chi connectivity index (χ3v) is 3.64. The molecule has 0 aromatic carbocycles. The van der Waals surface area contributed by atoms with E-state index in [0.717, 1.165) is 10.9 Å². The summed E-state index contributed by atoms with van der Waals surface area (Å²) in [5.74, 6) is 1.70. The van der Waals surface area contributed by atoms with Crippen LogP contribution in [-0.4, -0.2) is 32.8 Å². The molecule has 0 bridgehead atoms. The standard InChI is InChI=1S/C17H19N5O2/c1-11-3-5-18-13(9-11)20-14-10-12-4-7-22(2)17(24)15(12)16(21-14)19-6-8-23/h3-5,7,9-10,23H,6,8H2,1-2H3,(H2,18,19,20,21). The number of rotatable bonds is 5. The summed E-state index contributed by atoms with van der Waals surface area (Å²) in [4.78, 5) is 21.2. The van der Waals surface area contributed by atoms with Gasteiger partial charge in [-0.3, -0.25) is 4.79 Å².